The third-order valence-corrected chi connectivity index (χ3v) is 7.27. The fourth-order valence-electron chi connectivity index (χ4n) is 4.98. The van der Waals surface area contributed by atoms with Crippen molar-refractivity contribution in [2.75, 3.05) is 0 Å². The Morgan fingerprint density at radius 2 is 1.55 bits per heavy atom. The number of carboxylic acids is 1. The third-order valence-electron chi connectivity index (χ3n) is 7.27. The molecule has 214 valence electrons. The average Bonchev–Trinajstić information content (AvgIpc) is 3.20. The number of rotatable bonds is 8. The number of fused-ring (bicyclic) bond motifs is 1. The van der Waals surface area contributed by atoms with Crippen molar-refractivity contribution in [2.45, 2.75) is 33.3 Å². The Balaban J connectivity index is 1.31. The summed E-state index contributed by atoms with van der Waals surface area (Å²) in [7, 11) is 0. The van der Waals surface area contributed by atoms with Crippen LogP contribution < -0.4 is 10.1 Å². The number of hydrogen-bond donors (Lipinski definition) is 2. The first-order chi connectivity index (χ1) is 20.0. The van der Waals surface area contributed by atoms with E-state index in [0.29, 0.717) is 23.2 Å². The number of ether oxygens (including phenoxy) is 1. The molecular formula is C33H27F3N2O4. The van der Waals surface area contributed by atoms with Crippen molar-refractivity contribution in [1.82, 2.24) is 9.88 Å². The van der Waals surface area contributed by atoms with E-state index in [1.54, 1.807) is 24.3 Å². The molecule has 0 atom stereocenters. The van der Waals surface area contributed by atoms with Crippen LogP contribution in [0.3, 0.4) is 0 Å². The highest BCUT2D eigenvalue weighted by molar-refractivity contribution is 5.99. The fraction of sp³-hybridized carbons (Fsp3) is 0.152. The molecule has 1 heterocycles. The number of nitrogens with one attached hydrogen (secondary N) is 1. The number of aromatic carboxylic acids is 1. The lowest BCUT2D eigenvalue weighted by atomic mass is 9.99. The molecule has 0 bridgehead atoms. The molecule has 0 saturated carbocycles. The first-order valence-electron chi connectivity index (χ1n) is 13.1. The van der Waals surface area contributed by atoms with Gasteiger partial charge in [-0.15, -0.1) is 13.2 Å². The molecule has 0 spiro atoms. The van der Waals surface area contributed by atoms with E-state index in [1.165, 1.54) is 24.3 Å². The van der Waals surface area contributed by atoms with Crippen LogP contribution in [0.15, 0.2) is 91.0 Å². The number of nitrogens with zero attached hydrogens (tertiary/aromatic N) is 1. The maximum absolute atomic E-state index is 12.9. The van der Waals surface area contributed by atoms with E-state index in [0.717, 1.165) is 33.3 Å². The Bertz CT molecular complexity index is 1770. The van der Waals surface area contributed by atoms with E-state index in [1.807, 2.05) is 56.3 Å². The van der Waals surface area contributed by atoms with Crippen molar-refractivity contribution in [3.8, 4) is 16.9 Å². The Morgan fingerprint density at radius 1 is 0.881 bits per heavy atom. The molecule has 1 amide bonds. The van der Waals surface area contributed by atoms with Gasteiger partial charge < -0.3 is 19.7 Å². The van der Waals surface area contributed by atoms with Crippen molar-refractivity contribution >= 4 is 22.8 Å². The molecule has 0 saturated heterocycles. The molecule has 0 aliphatic carbocycles. The van der Waals surface area contributed by atoms with Gasteiger partial charge in [-0.3, -0.25) is 4.79 Å². The minimum Gasteiger partial charge on any atom is -0.478 e. The summed E-state index contributed by atoms with van der Waals surface area (Å²) in [5.74, 6) is -1.59. The minimum atomic E-state index is -4.76. The van der Waals surface area contributed by atoms with Gasteiger partial charge in [0.2, 0.25) is 0 Å². The fourth-order valence-corrected chi connectivity index (χ4v) is 4.98. The van der Waals surface area contributed by atoms with Gasteiger partial charge in [-0.2, -0.15) is 0 Å². The van der Waals surface area contributed by atoms with Crippen LogP contribution in [0.4, 0.5) is 13.2 Å². The molecule has 0 aliphatic rings. The van der Waals surface area contributed by atoms with Gasteiger partial charge >= 0.3 is 12.3 Å². The standard InChI is InChI=1S/C33H27F3N2O4/c1-20-21(2)38(19-23-7-11-24(12-8-23)27-5-3-4-6-28(27)32(40)41)30-16-13-25(17-29(20)30)31(39)37-18-22-9-14-26(15-10-22)42-33(34,35)36/h3-17H,18-19H2,1-2H3,(H,37,39)(H,40,41). The Labute approximate surface area is 240 Å². The lowest BCUT2D eigenvalue weighted by Gasteiger charge is -2.11. The molecule has 42 heavy (non-hydrogen) atoms. The Kier molecular flexibility index (Phi) is 7.76. The van der Waals surface area contributed by atoms with Gasteiger partial charge in [0.1, 0.15) is 5.75 Å². The largest absolute Gasteiger partial charge is 0.573 e. The molecular weight excluding hydrogens is 545 g/mol. The van der Waals surface area contributed by atoms with Crippen LogP contribution in [0.5, 0.6) is 5.75 Å². The second kappa shape index (κ2) is 11.4. The summed E-state index contributed by atoms with van der Waals surface area (Å²) in [5, 5.41) is 13.3. The van der Waals surface area contributed by atoms with Crippen LogP contribution >= 0.6 is 0 Å². The summed E-state index contributed by atoms with van der Waals surface area (Å²) in [6.07, 6.45) is -4.76. The van der Waals surface area contributed by atoms with E-state index < -0.39 is 12.3 Å². The molecule has 6 nitrogen and oxygen atoms in total. The maximum Gasteiger partial charge on any atom is 0.573 e. The first kappa shape index (κ1) is 28.5. The normalized spacial score (nSPS) is 11.5. The van der Waals surface area contributed by atoms with Gasteiger partial charge in [-0.1, -0.05) is 54.6 Å². The summed E-state index contributed by atoms with van der Waals surface area (Å²) in [6, 6.07) is 25.6. The number of carbonyl (C=O) groups excluding carboxylic acids is 1. The molecule has 0 unspecified atom stereocenters. The summed E-state index contributed by atoms with van der Waals surface area (Å²) in [5.41, 5.74) is 6.96. The molecule has 0 aliphatic heterocycles. The summed E-state index contributed by atoms with van der Waals surface area (Å²) in [4.78, 5) is 24.5. The number of halogens is 3. The van der Waals surface area contributed by atoms with Crippen molar-refractivity contribution in [3.63, 3.8) is 0 Å². The van der Waals surface area contributed by atoms with Gasteiger partial charge in [0.25, 0.3) is 5.91 Å². The van der Waals surface area contributed by atoms with Crippen molar-refractivity contribution in [2.24, 2.45) is 0 Å². The molecule has 0 fully saturated rings. The highest BCUT2D eigenvalue weighted by Gasteiger charge is 2.31. The van der Waals surface area contributed by atoms with Crippen LogP contribution in [-0.4, -0.2) is 27.9 Å². The average molecular weight is 573 g/mol. The number of amides is 1. The van der Waals surface area contributed by atoms with Gasteiger partial charge in [-0.25, -0.2) is 4.79 Å². The summed E-state index contributed by atoms with van der Waals surface area (Å²) < 4.78 is 43.2. The van der Waals surface area contributed by atoms with Crippen LogP contribution in [-0.2, 0) is 13.1 Å². The number of benzene rings is 4. The molecule has 5 aromatic rings. The van der Waals surface area contributed by atoms with Gasteiger partial charge in [0.05, 0.1) is 5.56 Å². The van der Waals surface area contributed by atoms with E-state index in [2.05, 4.69) is 14.6 Å². The molecule has 2 N–H and O–H groups in total. The van der Waals surface area contributed by atoms with Crippen LogP contribution in [0.25, 0.3) is 22.0 Å². The zero-order chi connectivity index (χ0) is 30.0. The SMILES string of the molecule is Cc1c(C)n(Cc2ccc(-c3ccccc3C(=O)O)cc2)c2ccc(C(=O)NCc3ccc(OC(F)(F)F)cc3)cc12. The van der Waals surface area contributed by atoms with Crippen LogP contribution in [0.1, 0.15) is 43.1 Å². The van der Waals surface area contributed by atoms with Crippen molar-refractivity contribution < 1.29 is 32.6 Å². The quantitative estimate of drug-likeness (QED) is 0.202. The predicted molar refractivity (Wildman–Crippen MR) is 154 cm³/mol. The highest BCUT2D eigenvalue weighted by atomic mass is 19.4. The smallest absolute Gasteiger partial charge is 0.478 e. The second-order valence-electron chi connectivity index (χ2n) is 9.95. The van der Waals surface area contributed by atoms with E-state index >= 15 is 0 Å². The number of carbonyl (C=O) groups is 2. The lowest BCUT2D eigenvalue weighted by molar-refractivity contribution is -0.274. The molecule has 4 aromatic carbocycles. The zero-order valence-corrected chi connectivity index (χ0v) is 22.8. The molecule has 9 heteroatoms. The van der Waals surface area contributed by atoms with E-state index in [9.17, 15) is 27.9 Å². The minimum absolute atomic E-state index is 0.148. The molecule has 5 rings (SSSR count). The van der Waals surface area contributed by atoms with Crippen LogP contribution in [0.2, 0.25) is 0 Å². The molecule has 1 aromatic heterocycles. The Hall–Kier alpha value is -5.05. The predicted octanol–water partition coefficient (Wildman–Crippen LogP) is 7.50. The number of hydrogen-bond acceptors (Lipinski definition) is 3. The third kappa shape index (κ3) is 6.15. The second-order valence-corrected chi connectivity index (χ2v) is 9.95. The molecule has 0 radical (unpaired) electrons. The van der Waals surface area contributed by atoms with Crippen molar-refractivity contribution in [1.29, 1.82) is 0 Å². The maximum atomic E-state index is 12.9. The van der Waals surface area contributed by atoms with E-state index in [-0.39, 0.29) is 23.8 Å². The van der Waals surface area contributed by atoms with Gasteiger partial charge in [0, 0.05) is 35.2 Å². The Morgan fingerprint density at radius 3 is 2.21 bits per heavy atom. The highest BCUT2D eigenvalue weighted by Crippen LogP contribution is 2.29. The van der Waals surface area contributed by atoms with Crippen molar-refractivity contribution in [3.05, 3.63) is 125 Å². The first-order valence-corrected chi connectivity index (χ1v) is 13.1. The zero-order valence-electron chi connectivity index (χ0n) is 22.8. The van der Waals surface area contributed by atoms with Gasteiger partial charge in [-0.05, 0) is 78.1 Å². The number of aromatic nitrogens is 1. The monoisotopic (exact) mass is 572 g/mol. The number of aryl methyl sites for hydroxylation is 1. The topological polar surface area (TPSA) is 80.6 Å². The number of alkyl halides is 3. The summed E-state index contributed by atoms with van der Waals surface area (Å²) >= 11 is 0. The lowest BCUT2D eigenvalue weighted by Crippen LogP contribution is -2.22. The summed E-state index contributed by atoms with van der Waals surface area (Å²) in [6.45, 7) is 4.77. The number of carboxylic acid groups (broad SMARTS) is 1. The van der Waals surface area contributed by atoms with Gasteiger partial charge in [0.15, 0.2) is 0 Å². The van der Waals surface area contributed by atoms with E-state index in [4.69, 9.17) is 0 Å². The van der Waals surface area contributed by atoms with Crippen LogP contribution in [0, 0.1) is 13.8 Å².